The van der Waals surface area contributed by atoms with Crippen molar-refractivity contribution >= 4 is 10.0 Å². The van der Waals surface area contributed by atoms with Gasteiger partial charge in [0.15, 0.2) is 0 Å². The minimum Gasteiger partial charge on any atom is -0.301 e. The second-order valence-electron chi connectivity index (χ2n) is 4.75. The lowest BCUT2D eigenvalue weighted by Gasteiger charge is -2.33. The highest BCUT2D eigenvalue weighted by Crippen LogP contribution is 2.21. The fourth-order valence-electron chi connectivity index (χ4n) is 2.33. The van der Waals surface area contributed by atoms with Crippen LogP contribution in [0, 0.1) is 12.7 Å². The maximum absolute atomic E-state index is 13.1. The van der Waals surface area contributed by atoms with Crippen molar-refractivity contribution in [3.8, 4) is 0 Å². The summed E-state index contributed by atoms with van der Waals surface area (Å²) >= 11 is 0. The summed E-state index contributed by atoms with van der Waals surface area (Å²) in [5.74, 6) is -0.410. The monoisotopic (exact) mass is 286 g/mol. The van der Waals surface area contributed by atoms with Crippen molar-refractivity contribution < 1.29 is 12.8 Å². The standard InChI is InChI=1S/C13H19FN2O2S/c1-3-15-6-8-16(9-7-15)19(17,18)13-5-4-12(14)10-11(13)2/h4-5,10H,3,6-9H2,1-2H3. The van der Waals surface area contributed by atoms with Crippen molar-refractivity contribution in [2.45, 2.75) is 18.7 Å². The van der Waals surface area contributed by atoms with Gasteiger partial charge in [0.2, 0.25) is 10.0 Å². The van der Waals surface area contributed by atoms with Crippen molar-refractivity contribution in [2.75, 3.05) is 32.7 Å². The Hall–Kier alpha value is -0.980. The number of halogens is 1. The van der Waals surface area contributed by atoms with E-state index in [4.69, 9.17) is 0 Å². The van der Waals surface area contributed by atoms with Crippen molar-refractivity contribution in [3.05, 3.63) is 29.6 Å². The highest BCUT2D eigenvalue weighted by molar-refractivity contribution is 7.89. The van der Waals surface area contributed by atoms with Crippen molar-refractivity contribution in [1.82, 2.24) is 9.21 Å². The smallest absolute Gasteiger partial charge is 0.243 e. The van der Waals surface area contributed by atoms with Crippen LogP contribution in [0.15, 0.2) is 23.1 Å². The summed E-state index contributed by atoms with van der Waals surface area (Å²) < 4.78 is 39.5. The Morgan fingerprint density at radius 3 is 2.37 bits per heavy atom. The molecular weight excluding hydrogens is 267 g/mol. The SMILES string of the molecule is CCN1CCN(S(=O)(=O)c2ccc(F)cc2C)CC1. The molecule has 1 saturated heterocycles. The second kappa shape index (κ2) is 5.56. The first kappa shape index (κ1) is 14.4. The molecule has 0 aliphatic carbocycles. The van der Waals surface area contributed by atoms with Crippen molar-refractivity contribution in [1.29, 1.82) is 0 Å². The fourth-order valence-corrected chi connectivity index (χ4v) is 3.96. The minimum absolute atomic E-state index is 0.207. The van der Waals surface area contributed by atoms with Gasteiger partial charge < -0.3 is 4.90 Å². The van der Waals surface area contributed by atoms with E-state index in [0.717, 1.165) is 19.6 Å². The first-order chi connectivity index (χ1) is 8.95. The molecule has 0 atom stereocenters. The molecule has 19 heavy (non-hydrogen) atoms. The van der Waals surface area contributed by atoms with Crippen LogP contribution in [0.2, 0.25) is 0 Å². The van der Waals surface area contributed by atoms with Crippen LogP contribution in [-0.2, 0) is 10.0 Å². The first-order valence-electron chi connectivity index (χ1n) is 6.44. The maximum atomic E-state index is 13.1. The van der Waals surface area contributed by atoms with E-state index in [9.17, 15) is 12.8 Å². The molecule has 0 spiro atoms. The van der Waals surface area contributed by atoms with Crippen LogP contribution < -0.4 is 0 Å². The van der Waals surface area contributed by atoms with Gasteiger partial charge in [-0.15, -0.1) is 0 Å². The summed E-state index contributed by atoms with van der Waals surface area (Å²) in [6, 6.07) is 3.81. The predicted octanol–water partition coefficient (Wildman–Crippen LogP) is 1.46. The van der Waals surface area contributed by atoms with E-state index in [1.165, 1.54) is 22.5 Å². The molecule has 0 unspecified atom stereocenters. The largest absolute Gasteiger partial charge is 0.301 e. The highest BCUT2D eigenvalue weighted by atomic mass is 32.2. The number of hydrogen-bond acceptors (Lipinski definition) is 3. The number of sulfonamides is 1. The van der Waals surface area contributed by atoms with Gasteiger partial charge in [-0.25, -0.2) is 12.8 Å². The Balaban J connectivity index is 2.23. The number of likely N-dealkylation sites (N-methyl/N-ethyl adjacent to an activating group) is 1. The van der Waals surface area contributed by atoms with E-state index in [2.05, 4.69) is 11.8 Å². The van der Waals surface area contributed by atoms with E-state index in [1.54, 1.807) is 6.92 Å². The summed E-state index contributed by atoms with van der Waals surface area (Å²) in [5.41, 5.74) is 0.456. The van der Waals surface area contributed by atoms with E-state index in [0.29, 0.717) is 18.7 Å². The normalized spacial score (nSPS) is 18.7. The number of benzene rings is 1. The Labute approximate surface area is 113 Å². The topological polar surface area (TPSA) is 40.6 Å². The highest BCUT2D eigenvalue weighted by Gasteiger charge is 2.29. The van der Waals surface area contributed by atoms with Gasteiger partial charge in [0.25, 0.3) is 0 Å². The van der Waals surface area contributed by atoms with Gasteiger partial charge in [-0.1, -0.05) is 6.92 Å². The number of rotatable bonds is 3. The summed E-state index contributed by atoms with van der Waals surface area (Å²) in [5, 5.41) is 0. The maximum Gasteiger partial charge on any atom is 0.243 e. The number of piperazine rings is 1. The summed E-state index contributed by atoms with van der Waals surface area (Å²) in [4.78, 5) is 2.42. The van der Waals surface area contributed by atoms with Crippen LogP contribution in [-0.4, -0.2) is 50.3 Å². The zero-order valence-corrected chi connectivity index (χ0v) is 12.1. The van der Waals surface area contributed by atoms with Crippen molar-refractivity contribution in [3.63, 3.8) is 0 Å². The lowest BCUT2D eigenvalue weighted by atomic mass is 10.2. The molecular formula is C13H19FN2O2S. The van der Waals surface area contributed by atoms with E-state index in [-0.39, 0.29) is 4.90 Å². The molecule has 0 aromatic heterocycles. The summed E-state index contributed by atoms with van der Waals surface area (Å²) in [7, 11) is -3.50. The Morgan fingerprint density at radius 1 is 1.21 bits per heavy atom. The van der Waals surface area contributed by atoms with Crippen LogP contribution >= 0.6 is 0 Å². The van der Waals surface area contributed by atoms with Gasteiger partial charge in [-0.05, 0) is 37.2 Å². The van der Waals surface area contributed by atoms with Crippen LogP contribution in [0.25, 0.3) is 0 Å². The van der Waals surface area contributed by atoms with E-state index < -0.39 is 15.8 Å². The van der Waals surface area contributed by atoms with Gasteiger partial charge in [0.05, 0.1) is 4.90 Å². The Bertz CT molecular complexity index is 552. The first-order valence-corrected chi connectivity index (χ1v) is 7.88. The van der Waals surface area contributed by atoms with Gasteiger partial charge in [0, 0.05) is 26.2 Å². The number of hydrogen-bond donors (Lipinski definition) is 0. The van der Waals surface area contributed by atoms with Crippen LogP contribution in [0.1, 0.15) is 12.5 Å². The molecule has 0 bridgehead atoms. The van der Waals surface area contributed by atoms with Gasteiger partial charge in [0.1, 0.15) is 5.82 Å². The molecule has 0 amide bonds. The van der Waals surface area contributed by atoms with Gasteiger partial charge in [-0.3, -0.25) is 0 Å². The second-order valence-corrected chi connectivity index (χ2v) is 6.65. The predicted molar refractivity (Wildman–Crippen MR) is 72.0 cm³/mol. The molecule has 0 radical (unpaired) electrons. The average molecular weight is 286 g/mol. The van der Waals surface area contributed by atoms with E-state index in [1.807, 2.05) is 0 Å². The molecule has 106 valence electrons. The van der Waals surface area contributed by atoms with Gasteiger partial charge >= 0.3 is 0 Å². The van der Waals surface area contributed by atoms with Gasteiger partial charge in [-0.2, -0.15) is 4.31 Å². The zero-order chi connectivity index (χ0) is 14.0. The molecule has 0 N–H and O–H groups in total. The molecule has 6 heteroatoms. The zero-order valence-electron chi connectivity index (χ0n) is 11.3. The van der Waals surface area contributed by atoms with E-state index >= 15 is 0 Å². The Morgan fingerprint density at radius 2 is 1.84 bits per heavy atom. The lowest BCUT2D eigenvalue weighted by molar-refractivity contribution is 0.196. The molecule has 1 heterocycles. The third kappa shape index (κ3) is 2.96. The Kier molecular flexibility index (Phi) is 4.23. The molecule has 1 aliphatic heterocycles. The summed E-state index contributed by atoms with van der Waals surface area (Å²) in [6.07, 6.45) is 0. The third-order valence-corrected chi connectivity index (χ3v) is 5.59. The quantitative estimate of drug-likeness (QED) is 0.844. The number of nitrogens with zero attached hydrogens (tertiary/aromatic N) is 2. The molecule has 1 fully saturated rings. The molecule has 4 nitrogen and oxygen atoms in total. The molecule has 0 saturated carbocycles. The summed E-state index contributed by atoms with van der Waals surface area (Å²) in [6.45, 7) is 7.10. The average Bonchev–Trinajstić information content (AvgIpc) is 2.38. The van der Waals surface area contributed by atoms with Crippen LogP contribution in [0.5, 0.6) is 0 Å². The minimum atomic E-state index is -3.50. The molecule has 1 aromatic rings. The molecule has 1 aliphatic rings. The van der Waals surface area contributed by atoms with Crippen molar-refractivity contribution in [2.24, 2.45) is 0 Å². The molecule has 2 rings (SSSR count). The molecule has 1 aromatic carbocycles. The van der Waals surface area contributed by atoms with Crippen LogP contribution in [0.3, 0.4) is 0 Å². The third-order valence-electron chi connectivity index (χ3n) is 3.53. The number of aryl methyl sites for hydroxylation is 1. The fraction of sp³-hybridized carbons (Fsp3) is 0.538. The van der Waals surface area contributed by atoms with Crippen LogP contribution in [0.4, 0.5) is 4.39 Å². The lowest BCUT2D eigenvalue weighted by Crippen LogP contribution is -2.48.